The molecule has 38 heavy (non-hydrogen) atoms. The molecule has 1 aliphatic carbocycles. The third-order valence-electron chi connectivity index (χ3n) is 7.93. The zero-order chi connectivity index (χ0) is 25.1. The van der Waals surface area contributed by atoms with Crippen molar-refractivity contribution in [2.45, 2.75) is 6.42 Å². The van der Waals surface area contributed by atoms with Gasteiger partial charge < -0.3 is 4.42 Å². The molecule has 178 valence electrons. The molecule has 0 fully saturated rings. The molecule has 8 rings (SSSR count). The minimum atomic E-state index is 0.935. The average molecular weight is 485 g/mol. The van der Waals surface area contributed by atoms with Crippen molar-refractivity contribution in [1.29, 1.82) is 0 Å². The van der Waals surface area contributed by atoms with Crippen LogP contribution in [-0.4, -0.2) is 0 Å². The Morgan fingerprint density at radius 3 is 1.76 bits per heavy atom. The van der Waals surface area contributed by atoms with E-state index in [-0.39, 0.29) is 0 Å². The highest BCUT2D eigenvalue weighted by molar-refractivity contribution is 6.09. The van der Waals surface area contributed by atoms with Crippen molar-refractivity contribution in [1.82, 2.24) is 0 Å². The summed E-state index contributed by atoms with van der Waals surface area (Å²) in [6, 6.07) is 48.0. The molecule has 0 N–H and O–H groups in total. The molecule has 1 nitrogen and oxygen atoms in total. The van der Waals surface area contributed by atoms with Crippen molar-refractivity contribution < 1.29 is 4.42 Å². The number of furan rings is 1. The van der Waals surface area contributed by atoms with E-state index < -0.39 is 0 Å². The molecular formula is C37H24O. The van der Waals surface area contributed by atoms with Gasteiger partial charge in [0.1, 0.15) is 11.2 Å². The van der Waals surface area contributed by atoms with Crippen LogP contribution in [0.15, 0.2) is 138 Å². The van der Waals surface area contributed by atoms with E-state index in [9.17, 15) is 0 Å². The van der Waals surface area contributed by atoms with Gasteiger partial charge in [-0.1, -0.05) is 115 Å². The van der Waals surface area contributed by atoms with Gasteiger partial charge in [-0.2, -0.15) is 0 Å². The van der Waals surface area contributed by atoms with Crippen LogP contribution in [0.3, 0.4) is 0 Å². The number of para-hydroxylation sites is 2. The molecule has 1 aliphatic rings. The first-order valence-corrected chi connectivity index (χ1v) is 13.1. The lowest BCUT2D eigenvalue weighted by atomic mass is 9.95. The van der Waals surface area contributed by atoms with E-state index in [4.69, 9.17) is 4.42 Å². The van der Waals surface area contributed by atoms with E-state index >= 15 is 0 Å². The smallest absolute Gasteiger partial charge is 0.143 e. The largest absolute Gasteiger partial charge is 0.455 e. The molecule has 0 radical (unpaired) electrons. The second-order valence-electron chi connectivity index (χ2n) is 10.1. The first-order valence-electron chi connectivity index (χ1n) is 13.1. The van der Waals surface area contributed by atoms with Crippen LogP contribution in [0.4, 0.5) is 0 Å². The fourth-order valence-corrected chi connectivity index (χ4v) is 5.98. The van der Waals surface area contributed by atoms with Crippen molar-refractivity contribution >= 4 is 21.9 Å². The molecule has 1 heterocycles. The summed E-state index contributed by atoms with van der Waals surface area (Å²) in [5, 5.41) is 2.33. The lowest BCUT2D eigenvalue weighted by Gasteiger charge is -2.09. The van der Waals surface area contributed by atoms with Gasteiger partial charge in [0.15, 0.2) is 0 Å². The van der Waals surface area contributed by atoms with Gasteiger partial charge >= 0.3 is 0 Å². The van der Waals surface area contributed by atoms with Crippen LogP contribution in [0.25, 0.3) is 66.4 Å². The molecule has 0 bridgehead atoms. The molecule has 1 aromatic heterocycles. The Kier molecular flexibility index (Phi) is 4.65. The van der Waals surface area contributed by atoms with Crippen molar-refractivity contribution in [2.24, 2.45) is 0 Å². The summed E-state index contributed by atoms with van der Waals surface area (Å²) in [4.78, 5) is 0. The molecule has 0 spiro atoms. The van der Waals surface area contributed by atoms with Crippen LogP contribution < -0.4 is 0 Å². The molecule has 0 saturated carbocycles. The Hall–Kier alpha value is -4.88. The molecule has 6 aromatic carbocycles. The van der Waals surface area contributed by atoms with E-state index in [2.05, 4.69) is 121 Å². The average Bonchev–Trinajstić information content (AvgIpc) is 3.55. The van der Waals surface area contributed by atoms with E-state index in [1.165, 1.54) is 60.8 Å². The summed E-state index contributed by atoms with van der Waals surface area (Å²) in [6.07, 6.45) is 0.979. The first-order chi connectivity index (χ1) is 18.8. The summed E-state index contributed by atoms with van der Waals surface area (Å²) in [6.45, 7) is 0. The van der Waals surface area contributed by atoms with Crippen LogP contribution in [-0.2, 0) is 6.42 Å². The van der Waals surface area contributed by atoms with Gasteiger partial charge in [-0.15, -0.1) is 0 Å². The quantitative estimate of drug-likeness (QED) is 0.243. The summed E-state index contributed by atoms with van der Waals surface area (Å²) in [7, 11) is 0. The fraction of sp³-hybridized carbons (Fsp3) is 0.0270. The van der Waals surface area contributed by atoms with Gasteiger partial charge in [0, 0.05) is 16.3 Å². The van der Waals surface area contributed by atoms with Gasteiger partial charge in [0.25, 0.3) is 0 Å². The normalized spacial score (nSPS) is 12.1. The molecule has 0 atom stereocenters. The van der Waals surface area contributed by atoms with Gasteiger partial charge in [0.2, 0.25) is 0 Å². The van der Waals surface area contributed by atoms with E-state index in [0.29, 0.717) is 0 Å². The Morgan fingerprint density at radius 1 is 0.395 bits per heavy atom. The fourth-order valence-electron chi connectivity index (χ4n) is 5.98. The maximum atomic E-state index is 6.35. The van der Waals surface area contributed by atoms with Crippen LogP contribution in [0.5, 0.6) is 0 Å². The van der Waals surface area contributed by atoms with E-state index in [0.717, 1.165) is 23.2 Å². The zero-order valence-corrected chi connectivity index (χ0v) is 20.8. The molecule has 1 heteroatoms. The minimum Gasteiger partial charge on any atom is -0.455 e. The second kappa shape index (κ2) is 8.33. The van der Waals surface area contributed by atoms with Crippen molar-refractivity contribution in [2.75, 3.05) is 0 Å². The number of hydrogen-bond donors (Lipinski definition) is 0. The number of hydrogen-bond acceptors (Lipinski definition) is 1. The number of benzene rings is 6. The molecule has 0 saturated heterocycles. The maximum Gasteiger partial charge on any atom is 0.143 e. The zero-order valence-electron chi connectivity index (χ0n) is 20.8. The van der Waals surface area contributed by atoms with Gasteiger partial charge in [0.05, 0.1) is 0 Å². The SMILES string of the molecule is c1ccc(-c2ccc(-c3ccc4c(c3)-c3cc(-c5cccc6c5oc5ccccc56)ccc3C4)cc2)cc1. The number of fused-ring (bicyclic) bond motifs is 6. The highest BCUT2D eigenvalue weighted by Gasteiger charge is 2.21. The Morgan fingerprint density at radius 2 is 0.974 bits per heavy atom. The summed E-state index contributed by atoms with van der Waals surface area (Å²) in [5.74, 6) is 0. The van der Waals surface area contributed by atoms with Crippen LogP contribution in [0.1, 0.15) is 11.1 Å². The molecule has 0 aliphatic heterocycles. The predicted octanol–water partition coefficient (Wildman–Crippen LogP) is 10.2. The third kappa shape index (κ3) is 3.33. The monoisotopic (exact) mass is 484 g/mol. The third-order valence-corrected chi connectivity index (χ3v) is 7.93. The van der Waals surface area contributed by atoms with Crippen molar-refractivity contribution in [3.05, 3.63) is 145 Å². The summed E-state index contributed by atoms with van der Waals surface area (Å²) in [5.41, 5.74) is 14.6. The van der Waals surface area contributed by atoms with E-state index in [1.54, 1.807) is 0 Å². The van der Waals surface area contributed by atoms with Crippen LogP contribution in [0, 0.1) is 0 Å². The summed E-state index contributed by atoms with van der Waals surface area (Å²) < 4.78 is 6.35. The lowest BCUT2D eigenvalue weighted by Crippen LogP contribution is -1.85. The molecular weight excluding hydrogens is 460 g/mol. The maximum absolute atomic E-state index is 6.35. The highest BCUT2D eigenvalue weighted by atomic mass is 16.3. The number of rotatable bonds is 3. The van der Waals surface area contributed by atoms with Crippen molar-refractivity contribution in [3.63, 3.8) is 0 Å². The standard InChI is InChI=1S/C37H24O/c1-2-7-24(8-3-1)25-13-15-26(16-14-25)27-17-18-28-21-29-19-20-30(23-35(29)34(28)22-27)31-10-6-11-33-32-9-4-5-12-36(32)38-37(31)33/h1-20,22-23H,21H2. The second-order valence-corrected chi connectivity index (χ2v) is 10.1. The lowest BCUT2D eigenvalue weighted by molar-refractivity contribution is 0.670. The highest BCUT2D eigenvalue weighted by Crippen LogP contribution is 2.43. The Bertz CT molecular complexity index is 1970. The van der Waals surface area contributed by atoms with E-state index in [1.807, 2.05) is 12.1 Å². The van der Waals surface area contributed by atoms with Gasteiger partial charge in [-0.05, 0) is 74.7 Å². The Labute approximate surface area is 221 Å². The van der Waals surface area contributed by atoms with Crippen LogP contribution >= 0.6 is 0 Å². The Balaban J connectivity index is 1.20. The first kappa shape index (κ1) is 21.2. The van der Waals surface area contributed by atoms with Crippen molar-refractivity contribution in [3.8, 4) is 44.5 Å². The van der Waals surface area contributed by atoms with Gasteiger partial charge in [-0.3, -0.25) is 0 Å². The van der Waals surface area contributed by atoms with Crippen LogP contribution in [0.2, 0.25) is 0 Å². The topological polar surface area (TPSA) is 13.1 Å². The van der Waals surface area contributed by atoms with Gasteiger partial charge in [-0.25, -0.2) is 0 Å². The minimum absolute atomic E-state index is 0.935. The summed E-state index contributed by atoms with van der Waals surface area (Å²) >= 11 is 0. The predicted molar refractivity (Wildman–Crippen MR) is 158 cm³/mol. The molecule has 0 unspecified atom stereocenters. The molecule has 7 aromatic rings. The molecule has 0 amide bonds.